The molecule has 2 saturated heterocycles. The third kappa shape index (κ3) is 3.43. The summed E-state index contributed by atoms with van der Waals surface area (Å²) in [6, 6.07) is 1.69. The molecule has 3 fully saturated rings. The summed E-state index contributed by atoms with van der Waals surface area (Å²) in [5, 5.41) is 7.73. The first-order chi connectivity index (χ1) is 11.7. The maximum absolute atomic E-state index is 12.7. The fourth-order valence-electron chi connectivity index (χ4n) is 3.90. The Morgan fingerprint density at radius 2 is 2.04 bits per heavy atom. The summed E-state index contributed by atoms with van der Waals surface area (Å²) in [5.41, 5.74) is -0.179. The standard InChI is InChI=1S/C16H23F3N4OS/c1-14(9-24-10-14)6-20-11-4-15(5-11)7-23(8-15)25-13-3-12(16(17,18)19)21-22(13)2/h3,11,20H,4-10H2,1-2H3. The van der Waals surface area contributed by atoms with Gasteiger partial charge in [0.2, 0.25) is 0 Å². The molecule has 25 heavy (non-hydrogen) atoms. The van der Waals surface area contributed by atoms with E-state index in [2.05, 4.69) is 21.6 Å². The Morgan fingerprint density at radius 3 is 2.56 bits per heavy atom. The summed E-state index contributed by atoms with van der Waals surface area (Å²) in [5.74, 6) is 0. The van der Waals surface area contributed by atoms with E-state index in [0.29, 0.717) is 21.9 Å². The fourth-order valence-corrected chi connectivity index (χ4v) is 5.17. The lowest BCUT2D eigenvalue weighted by Gasteiger charge is -2.59. The Balaban J connectivity index is 1.22. The van der Waals surface area contributed by atoms with E-state index in [-0.39, 0.29) is 0 Å². The van der Waals surface area contributed by atoms with Gasteiger partial charge in [0.1, 0.15) is 5.03 Å². The van der Waals surface area contributed by atoms with Crippen LogP contribution < -0.4 is 5.32 Å². The molecule has 140 valence electrons. The van der Waals surface area contributed by atoms with Crippen LogP contribution >= 0.6 is 11.9 Å². The Hall–Kier alpha value is -0.770. The summed E-state index contributed by atoms with van der Waals surface area (Å²) in [6.07, 6.45) is -2.08. The van der Waals surface area contributed by atoms with Crippen molar-refractivity contribution in [2.75, 3.05) is 32.8 Å². The molecule has 5 nitrogen and oxygen atoms in total. The van der Waals surface area contributed by atoms with E-state index in [1.165, 1.54) is 16.6 Å². The Labute approximate surface area is 149 Å². The molecule has 1 aliphatic carbocycles. The van der Waals surface area contributed by atoms with E-state index >= 15 is 0 Å². The van der Waals surface area contributed by atoms with Crippen LogP contribution in [0.1, 0.15) is 25.5 Å². The van der Waals surface area contributed by atoms with Crippen LogP contribution in [0.5, 0.6) is 0 Å². The summed E-state index contributed by atoms with van der Waals surface area (Å²) in [6.45, 7) is 6.79. The normalized spacial score (nSPS) is 25.5. The molecule has 1 saturated carbocycles. The molecule has 1 spiro atoms. The summed E-state index contributed by atoms with van der Waals surface area (Å²) in [7, 11) is 1.56. The van der Waals surface area contributed by atoms with Gasteiger partial charge in [0, 0.05) is 49.6 Å². The van der Waals surface area contributed by atoms with E-state index in [9.17, 15) is 13.2 Å². The lowest BCUT2D eigenvalue weighted by molar-refractivity contribution is -0.141. The van der Waals surface area contributed by atoms with Gasteiger partial charge >= 0.3 is 6.18 Å². The number of rotatable bonds is 5. The Morgan fingerprint density at radius 1 is 1.36 bits per heavy atom. The highest BCUT2D eigenvalue weighted by atomic mass is 32.2. The predicted octanol–water partition coefficient (Wildman–Crippen LogP) is 2.54. The van der Waals surface area contributed by atoms with Gasteiger partial charge < -0.3 is 10.1 Å². The minimum Gasteiger partial charge on any atom is -0.380 e. The number of alkyl halides is 3. The largest absolute Gasteiger partial charge is 0.435 e. The number of hydrogen-bond acceptors (Lipinski definition) is 5. The summed E-state index contributed by atoms with van der Waals surface area (Å²) < 4.78 is 46.9. The van der Waals surface area contributed by atoms with Gasteiger partial charge in [-0.25, -0.2) is 4.31 Å². The maximum atomic E-state index is 12.7. The van der Waals surface area contributed by atoms with E-state index in [1.807, 2.05) is 0 Å². The number of aromatic nitrogens is 2. The molecule has 0 unspecified atom stereocenters. The molecule has 9 heteroatoms. The summed E-state index contributed by atoms with van der Waals surface area (Å²) in [4.78, 5) is 0. The SMILES string of the molecule is Cn1nc(C(F)(F)F)cc1SN1CC2(CC(NCC3(C)COC3)C2)C1. The van der Waals surface area contributed by atoms with E-state index in [1.54, 1.807) is 7.05 Å². The van der Waals surface area contributed by atoms with Crippen LogP contribution in [0.2, 0.25) is 0 Å². The Kier molecular flexibility index (Phi) is 4.14. The van der Waals surface area contributed by atoms with Crippen molar-refractivity contribution >= 4 is 11.9 Å². The van der Waals surface area contributed by atoms with Crippen molar-refractivity contribution in [1.82, 2.24) is 19.4 Å². The van der Waals surface area contributed by atoms with Crippen LogP contribution in [0, 0.1) is 10.8 Å². The lowest BCUT2D eigenvalue weighted by atomic mass is 9.61. The zero-order chi connectivity index (χ0) is 17.9. The summed E-state index contributed by atoms with van der Waals surface area (Å²) >= 11 is 1.37. The lowest BCUT2D eigenvalue weighted by Crippen LogP contribution is -2.65. The highest BCUT2D eigenvalue weighted by Crippen LogP contribution is 2.51. The van der Waals surface area contributed by atoms with Gasteiger partial charge in [0.25, 0.3) is 0 Å². The van der Waals surface area contributed by atoms with Gasteiger partial charge in [0.15, 0.2) is 5.69 Å². The number of halogens is 3. The van der Waals surface area contributed by atoms with Crippen LogP contribution in [0.3, 0.4) is 0 Å². The predicted molar refractivity (Wildman–Crippen MR) is 88.0 cm³/mol. The van der Waals surface area contributed by atoms with Crippen LogP contribution in [0.4, 0.5) is 13.2 Å². The van der Waals surface area contributed by atoms with Gasteiger partial charge in [-0.15, -0.1) is 0 Å². The van der Waals surface area contributed by atoms with Crippen molar-refractivity contribution in [3.8, 4) is 0 Å². The Bertz CT molecular complexity index is 644. The molecule has 1 aromatic rings. The van der Waals surface area contributed by atoms with Crippen LogP contribution in [0.15, 0.2) is 11.1 Å². The van der Waals surface area contributed by atoms with Crippen molar-refractivity contribution in [1.29, 1.82) is 0 Å². The van der Waals surface area contributed by atoms with Crippen LogP contribution in [-0.4, -0.2) is 53.0 Å². The fraction of sp³-hybridized carbons (Fsp3) is 0.812. The molecule has 3 heterocycles. The van der Waals surface area contributed by atoms with Gasteiger partial charge in [-0.2, -0.15) is 18.3 Å². The molecule has 3 aliphatic rings. The third-order valence-electron chi connectivity index (χ3n) is 5.45. The van der Waals surface area contributed by atoms with Gasteiger partial charge in [-0.05, 0) is 24.8 Å². The first-order valence-corrected chi connectivity index (χ1v) is 9.29. The molecule has 0 aromatic carbocycles. The monoisotopic (exact) mass is 376 g/mol. The number of nitrogens with zero attached hydrogens (tertiary/aromatic N) is 3. The quantitative estimate of drug-likeness (QED) is 0.800. The number of hydrogen-bond donors (Lipinski definition) is 1. The van der Waals surface area contributed by atoms with Crippen LogP contribution in [-0.2, 0) is 18.0 Å². The molecule has 1 N–H and O–H groups in total. The van der Waals surface area contributed by atoms with Crippen molar-refractivity contribution < 1.29 is 17.9 Å². The first-order valence-electron chi connectivity index (χ1n) is 8.52. The second-order valence-electron chi connectivity index (χ2n) is 8.17. The van der Waals surface area contributed by atoms with Gasteiger partial charge in [-0.1, -0.05) is 6.92 Å². The zero-order valence-corrected chi connectivity index (χ0v) is 15.2. The number of nitrogens with one attached hydrogen (secondary N) is 1. The van der Waals surface area contributed by atoms with Crippen molar-refractivity contribution in [3.63, 3.8) is 0 Å². The molecule has 0 amide bonds. The van der Waals surface area contributed by atoms with Crippen molar-refractivity contribution in [2.24, 2.45) is 17.9 Å². The molecule has 0 radical (unpaired) electrons. The van der Waals surface area contributed by atoms with Crippen molar-refractivity contribution in [3.05, 3.63) is 11.8 Å². The topological polar surface area (TPSA) is 42.3 Å². The minimum atomic E-state index is -4.39. The molecular weight excluding hydrogens is 353 g/mol. The molecule has 2 aliphatic heterocycles. The molecule has 0 atom stereocenters. The molecule has 1 aromatic heterocycles. The number of aryl methyl sites for hydroxylation is 1. The average Bonchev–Trinajstić information content (AvgIpc) is 2.78. The van der Waals surface area contributed by atoms with E-state index < -0.39 is 11.9 Å². The molecular formula is C16H23F3N4OS. The van der Waals surface area contributed by atoms with Crippen LogP contribution in [0.25, 0.3) is 0 Å². The maximum Gasteiger partial charge on any atom is 0.435 e. The molecule has 4 rings (SSSR count). The highest BCUT2D eigenvalue weighted by molar-refractivity contribution is 7.97. The van der Waals surface area contributed by atoms with E-state index in [0.717, 1.165) is 51.8 Å². The average molecular weight is 376 g/mol. The highest BCUT2D eigenvalue weighted by Gasteiger charge is 2.53. The van der Waals surface area contributed by atoms with E-state index in [4.69, 9.17) is 4.74 Å². The minimum absolute atomic E-state index is 0.292. The third-order valence-corrected chi connectivity index (χ3v) is 6.54. The molecule has 0 bridgehead atoms. The second kappa shape index (κ2) is 5.87. The first kappa shape index (κ1) is 17.6. The zero-order valence-electron chi connectivity index (χ0n) is 14.4. The van der Waals surface area contributed by atoms with Crippen molar-refractivity contribution in [2.45, 2.75) is 37.0 Å². The van der Waals surface area contributed by atoms with Gasteiger partial charge in [-0.3, -0.25) is 4.68 Å². The second-order valence-corrected chi connectivity index (χ2v) is 9.29. The number of ether oxygens (including phenoxy) is 1. The smallest absolute Gasteiger partial charge is 0.380 e. The van der Waals surface area contributed by atoms with Gasteiger partial charge in [0.05, 0.1) is 13.2 Å².